The number of halogens is 1. The van der Waals surface area contributed by atoms with Crippen LogP contribution in [0.4, 0.5) is 0 Å². The third-order valence-electron chi connectivity index (χ3n) is 5.14. The molecule has 172 valence electrons. The first-order valence-corrected chi connectivity index (χ1v) is 11.0. The molecule has 1 saturated heterocycles. The molecule has 1 fully saturated rings. The van der Waals surface area contributed by atoms with Crippen LogP contribution in [-0.4, -0.2) is 70.1 Å². The van der Waals surface area contributed by atoms with Crippen LogP contribution < -0.4 is 10.1 Å². The molecule has 0 bridgehead atoms. The number of piperidine rings is 1. The lowest BCUT2D eigenvalue weighted by molar-refractivity contribution is 0.00990. The minimum Gasteiger partial charge on any atom is -0.493 e. The molecule has 2 rings (SSSR count). The minimum atomic E-state index is 0. The number of nitrogens with one attached hydrogen (secondary N) is 1. The molecule has 0 spiro atoms. The normalized spacial score (nSPS) is 15.1. The summed E-state index contributed by atoms with van der Waals surface area (Å²) in [7, 11) is 1.73. The van der Waals surface area contributed by atoms with E-state index in [9.17, 15) is 0 Å². The van der Waals surface area contributed by atoms with Crippen molar-refractivity contribution in [2.75, 3.05) is 53.1 Å². The van der Waals surface area contributed by atoms with E-state index in [1.807, 2.05) is 0 Å². The van der Waals surface area contributed by atoms with Gasteiger partial charge in [0.25, 0.3) is 0 Å². The zero-order chi connectivity index (χ0) is 20.9. The highest BCUT2D eigenvalue weighted by Crippen LogP contribution is 2.22. The van der Waals surface area contributed by atoms with Gasteiger partial charge in [-0.2, -0.15) is 0 Å². The quantitative estimate of drug-likeness (QED) is 0.200. The number of likely N-dealkylation sites (tertiary alicyclic amines) is 1. The summed E-state index contributed by atoms with van der Waals surface area (Å²) in [4.78, 5) is 7.17. The predicted molar refractivity (Wildman–Crippen MR) is 134 cm³/mol. The number of aliphatic imine (C=N–C) groups is 1. The third-order valence-corrected chi connectivity index (χ3v) is 5.14. The smallest absolute Gasteiger partial charge is 0.193 e. The SMILES string of the molecule is CCNC(=NCCCOc1c(C)cccc1C)N1CCC(OCCCOC)CC1.I. The molecule has 1 aromatic rings. The Hall–Kier alpha value is -1.06. The molecule has 0 aromatic heterocycles. The van der Waals surface area contributed by atoms with Crippen LogP contribution in [0.1, 0.15) is 43.7 Å². The first-order chi connectivity index (χ1) is 14.2. The largest absolute Gasteiger partial charge is 0.493 e. The van der Waals surface area contributed by atoms with Crippen LogP contribution in [0.15, 0.2) is 23.2 Å². The van der Waals surface area contributed by atoms with Crippen molar-refractivity contribution in [2.45, 2.75) is 52.6 Å². The van der Waals surface area contributed by atoms with Gasteiger partial charge in [0.15, 0.2) is 5.96 Å². The number of hydrogen-bond acceptors (Lipinski definition) is 4. The zero-order valence-corrected chi connectivity index (χ0v) is 21.4. The monoisotopic (exact) mass is 533 g/mol. The van der Waals surface area contributed by atoms with Crippen molar-refractivity contribution in [1.82, 2.24) is 10.2 Å². The second kappa shape index (κ2) is 15.7. The molecule has 0 radical (unpaired) electrons. The van der Waals surface area contributed by atoms with Gasteiger partial charge in [-0.05, 0) is 51.2 Å². The molecular weight excluding hydrogens is 493 g/mol. The minimum absolute atomic E-state index is 0. The average Bonchev–Trinajstić information content (AvgIpc) is 2.72. The van der Waals surface area contributed by atoms with Crippen molar-refractivity contribution in [2.24, 2.45) is 4.99 Å². The van der Waals surface area contributed by atoms with Gasteiger partial charge < -0.3 is 24.4 Å². The number of para-hydroxylation sites is 1. The topological polar surface area (TPSA) is 55.3 Å². The van der Waals surface area contributed by atoms with Gasteiger partial charge in [0, 0.05) is 52.9 Å². The Morgan fingerprint density at radius 1 is 1.10 bits per heavy atom. The first kappa shape index (κ1) is 27.0. The highest BCUT2D eigenvalue weighted by molar-refractivity contribution is 14.0. The van der Waals surface area contributed by atoms with Crippen molar-refractivity contribution < 1.29 is 14.2 Å². The van der Waals surface area contributed by atoms with E-state index in [-0.39, 0.29) is 24.0 Å². The first-order valence-electron chi connectivity index (χ1n) is 11.0. The number of guanidine groups is 1. The molecule has 1 heterocycles. The molecule has 0 unspecified atom stereocenters. The molecule has 6 nitrogen and oxygen atoms in total. The van der Waals surface area contributed by atoms with E-state index in [2.05, 4.69) is 49.2 Å². The second-order valence-corrected chi connectivity index (χ2v) is 7.56. The van der Waals surface area contributed by atoms with Crippen LogP contribution in [0.3, 0.4) is 0 Å². The summed E-state index contributed by atoms with van der Waals surface area (Å²) in [5, 5.41) is 3.43. The van der Waals surface area contributed by atoms with Gasteiger partial charge in [-0.3, -0.25) is 4.99 Å². The van der Waals surface area contributed by atoms with E-state index in [4.69, 9.17) is 19.2 Å². The number of aryl methyl sites for hydroxylation is 2. The highest BCUT2D eigenvalue weighted by atomic mass is 127. The number of benzene rings is 1. The lowest BCUT2D eigenvalue weighted by atomic mass is 10.1. The third kappa shape index (κ3) is 9.39. The van der Waals surface area contributed by atoms with E-state index < -0.39 is 0 Å². The molecule has 0 saturated carbocycles. The molecule has 0 atom stereocenters. The van der Waals surface area contributed by atoms with Crippen molar-refractivity contribution in [3.63, 3.8) is 0 Å². The van der Waals surface area contributed by atoms with Crippen molar-refractivity contribution >= 4 is 29.9 Å². The van der Waals surface area contributed by atoms with Gasteiger partial charge in [0.05, 0.1) is 12.7 Å². The molecule has 0 amide bonds. The Labute approximate surface area is 199 Å². The van der Waals surface area contributed by atoms with Gasteiger partial charge in [-0.15, -0.1) is 24.0 Å². The fourth-order valence-corrected chi connectivity index (χ4v) is 3.56. The van der Waals surface area contributed by atoms with Gasteiger partial charge in [-0.1, -0.05) is 18.2 Å². The lowest BCUT2D eigenvalue weighted by Crippen LogP contribution is -2.47. The molecule has 0 aliphatic carbocycles. The second-order valence-electron chi connectivity index (χ2n) is 7.56. The fourth-order valence-electron chi connectivity index (χ4n) is 3.56. The summed E-state index contributed by atoms with van der Waals surface area (Å²) in [6.07, 6.45) is 4.32. The summed E-state index contributed by atoms with van der Waals surface area (Å²) in [5.41, 5.74) is 2.38. The molecule has 1 aromatic carbocycles. The predicted octanol–water partition coefficient (Wildman–Crippen LogP) is 4.17. The van der Waals surface area contributed by atoms with Crippen LogP contribution in [-0.2, 0) is 9.47 Å². The number of ether oxygens (including phenoxy) is 3. The summed E-state index contributed by atoms with van der Waals surface area (Å²) < 4.78 is 17.0. The number of hydrogen-bond donors (Lipinski definition) is 1. The van der Waals surface area contributed by atoms with Crippen molar-refractivity contribution in [1.29, 1.82) is 0 Å². The standard InChI is InChI=1S/C23H39N3O3.HI/c1-5-24-23(26-14-11-21(12-15-26)28-18-8-16-27-4)25-13-7-17-29-22-19(2)9-6-10-20(22)3;/h6,9-10,21H,5,7-8,11-18H2,1-4H3,(H,24,25);1H. The summed E-state index contributed by atoms with van der Waals surface area (Å²) in [6, 6.07) is 6.25. The highest BCUT2D eigenvalue weighted by Gasteiger charge is 2.21. The van der Waals surface area contributed by atoms with Crippen LogP contribution in [0.25, 0.3) is 0 Å². The van der Waals surface area contributed by atoms with Crippen LogP contribution in [0.5, 0.6) is 5.75 Å². The molecule has 1 aliphatic heterocycles. The Kier molecular flexibility index (Phi) is 14.1. The van der Waals surface area contributed by atoms with E-state index >= 15 is 0 Å². The summed E-state index contributed by atoms with van der Waals surface area (Å²) in [6.45, 7) is 12.2. The van der Waals surface area contributed by atoms with Gasteiger partial charge in [0.1, 0.15) is 5.75 Å². The summed E-state index contributed by atoms with van der Waals surface area (Å²) in [5.74, 6) is 2.02. The lowest BCUT2D eigenvalue weighted by Gasteiger charge is -2.34. The zero-order valence-electron chi connectivity index (χ0n) is 19.1. The van der Waals surface area contributed by atoms with E-state index in [0.717, 1.165) is 76.8 Å². The Bertz CT molecular complexity index is 599. The Morgan fingerprint density at radius 3 is 2.43 bits per heavy atom. The average molecular weight is 533 g/mol. The van der Waals surface area contributed by atoms with Crippen LogP contribution in [0, 0.1) is 13.8 Å². The van der Waals surface area contributed by atoms with Crippen LogP contribution >= 0.6 is 24.0 Å². The van der Waals surface area contributed by atoms with Gasteiger partial charge >= 0.3 is 0 Å². The fraction of sp³-hybridized carbons (Fsp3) is 0.696. The maximum absolute atomic E-state index is 6.00. The van der Waals surface area contributed by atoms with Crippen LogP contribution in [0.2, 0.25) is 0 Å². The number of methoxy groups -OCH3 is 1. The molecule has 1 aliphatic rings. The molecular formula is C23H40IN3O3. The summed E-state index contributed by atoms with van der Waals surface area (Å²) >= 11 is 0. The van der Waals surface area contributed by atoms with E-state index in [1.165, 1.54) is 11.1 Å². The van der Waals surface area contributed by atoms with E-state index in [1.54, 1.807) is 7.11 Å². The molecule has 1 N–H and O–H groups in total. The van der Waals surface area contributed by atoms with Gasteiger partial charge in [-0.25, -0.2) is 0 Å². The maximum atomic E-state index is 6.00. The number of nitrogens with zero attached hydrogens (tertiary/aromatic N) is 2. The van der Waals surface area contributed by atoms with E-state index in [0.29, 0.717) is 12.7 Å². The Morgan fingerprint density at radius 2 is 1.80 bits per heavy atom. The Balaban J connectivity index is 0.00000450. The molecule has 30 heavy (non-hydrogen) atoms. The number of rotatable bonds is 11. The van der Waals surface area contributed by atoms with Crippen molar-refractivity contribution in [3.05, 3.63) is 29.3 Å². The van der Waals surface area contributed by atoms with Gasteiger partial charge in [0.2, 0.25) is 0 Å². The maximum Gasteiger partial charge on any atom is 0.193 e. The van der Waals surface area contributed by atoms with Crippen molar-refractivity contribution in [3.8, 4) is 5.75 Å². The molecule has 7 heteroatoms.